The van der Waals surface area contributed by atoms with E-state index < -0.39 is 11.9 Å². The van der Waals surface area contributed by atoms with Crippen molar-refractivity contribution >= 4 is 35.1 Å². The highest BCUT2D eigenvalue weighted by Crippen LogP contribution is 2.29. The first-order valence-corrected chi connectivity index (χ1v) is 10.5. The Kier molecular flexibility index (Phi) is 5.84. The van der Waals surface area contributed by atoms with Crippen LogP contribution >= 0.6 is 0 Å². The first-order valence-electron chi connectivity index (χ1n) is 10.5. The highest BCUT2D eigenvalue weighted by Gasteiger charge is 2.36. The fraction of sp³-hybridized carbons (Fsp3) is 0.333. The Bertz CT molecular complexity index is 1010. The lowest BCUT2D eigenvalue weighted by Gasteiger charge is -2.25. The third-order valence-electron chi connectivity index (χ3n) is 5.69. The summed E-state index contributed by atoms with van der Waals surface area (Å²) < 4.78 is 5.50. The van der Waals surface area contributed by atoms with Crippen molar-refractivity contribution in [1.82, 2.24) is 0 Å². The summed E-state index contributed by atoms with van der Waals surface area (Å²) in [5.41, 5.74) is 2.33. The van der Waals surface area contributed by atoms with E-state index in [0.717, 1.165) is 17.0 Å². The topological polar surface area (TPSA) is 84.0 Å². The summed E-state index contributed by atoms with van der Waals surface area (Å²) in [7, 11) is 0. The van der Waals surface area contributed by atoms with Crippen LogP contribution in [0.25, 0.3) is 0 Å². The number of piperidine rings is 1. The molecule has 0 aromatic heterocycles. The number of ether oxygens (including phenoxy) is 1. The average molecular weight is 420 g/mol. The number of rotatable bonds is 5. The van der Waals surface area contributed by atoms with Crippen LogP contribution in [0.2, 0.25) is 0 Å². The lowest BCUT2D eigenvalue weighted by atomic mass is 10.1. The summed E-state index contributed by atoms with van der Waals surface area (Å²) in [5, 5.41) is 0. The quantitative estimate of drug-likeness (QED) is 0.421. The maximum atomic E-state index is 12.7. The molecule has 7 heteroatoms. The Labute approximate surface area is 180 Å². The van der Waals surface area contributed by atoms with Crippen LogP contribution in [-0.4, -0.2) is 30.2 Å². The van der Waals surface area contributed by atoms with Gasteiger partial charge in [-0.2, -0.15) is 0 Å². The zero-order valence-electron chi connectivity index (χ0n) is 17.4. The number of hydrogen-bond acceptors (Lipinski definition) is 5. The van der Waals surface area contributed by atoms with Crippen LogP contribution < -0.4 is 14.5 Å². The molecule has 7 nitrogen and oxygen atoms in total. The van der Waals surface area contributed by atoms with Gasteiger partial charge in [0, 0.05) is 37.6 Å². The standard InChI is InChI=1S/C24H24N2O5/c1-2-16-9-11-18(12-10-16)25-15-17(13-23(25)29)24(30)31-20-6-3-5-19(14-20)26-21(27)7-4-8-22(26)28/h3,5-6,9-12,14,17H,2,4,7-8,13,15H2,1H3/t17-/m0/s1. The molecule has 2 aliphatic rings. The molecule has 2 saturated heterocycles. The number of amides is 3. The summed E-state index contributed by atoms with van der Waals surface area (Å²) in [6.45, 7) is 2.32. The second kappa shape index (κ2) is 8.71. The first kappa shape index (κ1) is 20.8. The van der Waals surface area contributed by atoms with Crippen LogP contribution in [0.5, 0.6) is 5.75 Å². The molecule has 2 heterocycles. The van der Waals surface area contributed by atoms with E-state index in [-0.39, 0.29) is 36.4 Å². The number of nitrogens with zero attached hydrogens (tertiary/aromatic N) is 2. The van der Waals surface area contributed by atoms with E-state index >= 15 is 0 Å². The van der Waals surface area contributed by atoms with Crippen molar-refractivity contribution in [2.75, 3.05) is 16.3 Å². The van der Waals surface area contributed by atoms with Crippen molar-refractivity contribution in [1.29, 1.82) is 0 Å². The fourth-order valence-corrected chi connectivity index (χ4v) is 3.95. The Morgan fingerprint density at radius 2 is 1.68 bits per heavy atom. The number of benzene rings is 2. The molecule has 0 bridgehead atoms. The zero-order valence-corrected chi connectivity index (χ0v) is 17.4. The summed E-state index contributed by atoms with van der Waals surface area (Å²) in [4.78, 5) is 52.2. The molecule has 0 N–H and O–H groups in total. The van der Waals surface area contributed by atoms with Crippen molar-refractivity contribution < 1.29 is 23.9 Å². The summed E-state index contributed by atoms with van der Waals surface area (Å²) in [5.74, 6) is -1.48. The van der Waals surface area contributed by atoms with Gasteiger partial charge >= 0.3 is 5.97 Å². The Hall–Kier alpha value is -3.48. The van der Waals surface area contributed by atoms with E-state index in [1.165, 1.54) is 11.6 Å². The molecule has 0 unspecified atom stereocenters. The second-order valence-corrected chi connectivity index (χ2v) is 7.82. The van der Waals surface area contributed by atoms with Gasteiger partial charge in [-0.25, -0.2) is 0 Å². The maximum Gasteiger partial charge on any atom is 0.316 e. The molecule has 0 saturated carbocycles. The molecule has 2 aromatic rings. The lowest BCUT2D eigenvalue weighted by molar-refractivity contribution is -0.139. The normalized spacial score (nSPS) is 19.1. The zero-order chi connectivity index (χ0) is 22.0. The monoisotopic (exact) mass is 420 g/mol. The molecule has 1 atom stereocenters. The molecular weight excluding hydrogens is 396 g/mol. The van der Waals surface area contributed by atoms with Crippen LogP contribution in [0.1, 0.15) is 38.2 Å². The molecule has 3 amide bonds. The van der Waals surface area contributed by atoms with E-state index in [0.29, 0.717) is 24.9 Å². The molecule has 2 aromatic carbocycles. The van der Waals surface area contributed by atoms with Crippen LogP contribution in [-0.2, 0) is 25.6 Å². The van der Waals surface area contributed by atoms with Gasteiger partial charge in [-0.05, 0) is 42.7 Å². The summed E-state index contributed by atoms with van der Waals surface area (Å²) in [6, 6.07) is 14.1. The minimum atomic E-state index is -0.583. The molecule has 0 radical (unpaired) electrons. The molecule has 160 valence electrons. The van der Waals surface area contributed by atoms with Gasteiger partial charge in [-0.1, -0.05) is 25.1 Å². The van der Waals surface area contributed by atoms with Gasteiger partial charge in [-0.15, -0.1) is 0 Å². The van der Waals surface area contributed by atoms with Crippen molar-refractivity contribution in [3.8, 4) is 5.75 Å². The number of carbonyl (C=O) groups is 4. The van der Waals surface area contributed by atoms with Crippen LogP contribution in [0.4, 0.5) is 11.4 Å². The molecular formula is C24H24N2O5. The van der Waals surface area contributed by atoms with Crippen LogP contribution in [0.3, 0.4) is 0 Å². The van der Waals surface area contributed by atoms with Crippen LogP contribution in [0, 0.1) is 5.92 Å². The van der Waals surface area contributed by atoms with Crippen molar-refractivity contribution in [2.45, 2.75) is 39.0 Å². The van der Waals surface area contributed by atoms with Gasteiger partial charge < -0.3 is 9.64 Å². The number of imide groups is 1. The summed E-state index contributed by atoms with van der Waals surface area (Å²) in [6.07, 6.45) is 2.17. The van der Waals surface area contributed by atoms with E-state index in [1.807, 2.05) is 24.3 Å². The predicted molar refractivity (Wildman–Crippen MR) is 115 cm³/mol. The number of aryl methyl sites for hydroxylation is 1. The highest BCUT2D eigenvalue weighted by atomic mass is 16.5. The lowest BCUT2D eigenvalue weighted by Crippen LogP contribution is -2.40. The van der Waals surface area contributed by atoms with Gasteiger partial charge in [0.15, 0.2) is 0 Å². The number of carbonyl (C=O) groups excluding carboxylic acids is 4. The average Bonchev–Trinajstić information content (AvgIpc) is 3.16. The SMILES string of the molecule is CCc1ccc(N2C[C@@H](C(=O)Oc3cccc(N4C(=O)CCCC4=O)c3)CC2=O)cc1. The smallest absolute Gasteiger partial charge is 0.316 e. The Morgan fingerprint density at radius 1 is 0.968 bits per heavy atom. The summed E-state index contributed by atoms with van der Waals surface area (Å²) >= 11 is 0. The molecule has 31 heavy (non-hydrogen) atoms. The Balaban J connectivity index is 1.44. The minimum Gasteiger partial charge on any atom is -0.426 e. The number of hydrogen-bond donors (Lipinski definition) is 0. The first-order chi connectivity index (χ1) is 15.0. The predicted octanol–water partition coefficient (Wildman–Crippen LogP) is 3.25. The van der Waals surface area contributed by atoms with Crippen molar-refractivity contribution in [3.05, 3.63) is 54.1 Å². The molecule has 4 rings (SSSR count). The maximum absolute atomic E-state index is 12.7. The van der Waals surface area contributed by atoms with Crippen LogP contribution in [0.15, 0.2) is 48.5 Å². The van der Waals surface area contributed by atoms with Crippen molar-refractivity contribution in [2.24, 2.45) is 5.92 Å². The Morgan fingerprint density at radius 3 is 2.35 bits per heavy atom. The van der Waals surface area contributed by atoms with Gasteiger partial charge in [0.1, 0.15) is 5.75 Å². The number of anilines is 2. The third kappa shape index (κ3) is 4.35. The molecule has 2 fully saturated rings. The fourth-order valence-electron chi connectivity index (χ4n) is 3.95. The minimum absolute atomic E-state index is 0.0805. The molecule has 0 aliphatic carbocycles. The van der Waals surface area contributed by atoms with Crippen molar-refractivity contribution in [3.63, 3.8) is 0 Å². The third-order valence-corrected chi connectivity index (χ3v) is 5.69. The number of esters is 1. The van der Waals surface area contributed by atoms with E-state index in [4.69, 9.17) is 4.74 Å². The van der Waals surface area contributed by atoms with Gasteiger partial charge in [-0.3, -0.25) is 24.1 Å². The highest BCUT2D eigenvalue weighted by molar-refractivity contribution is 6.16. The largest absolute Gasteiger partial charge is 0.426 e. The van der Waals surface area contributed by atoms with Gasteiger partial charge in [0.05, 0.1) is 11.6 Å². The second-order valence-electron chi connectivity index (χ2n) is 7.82. The van der Waals surface area contributed by atoms with Gasteiger partial charge in [0.2, 0.25) is 17.7 Å². The molecule has 2 aliphatic heterocycles. The molecule has 0 spiro atoms. The van der Waals surface area contributed by atoms with E-state index in [1.54, 1.807) is 23.1 Å². The van der Waals surface area contributed by atoms with Gasteiger partial charge in [0.25, 0.3) is 0 Å². The van der Waals surface area contributed by atoms with E-state index in [9.17, 15) is 19.2 Å². The van der Waals surface area contributed by atoms with E-state index in [2.05, 4.69) is 6.92 Å².